The number of nitrogens with one attached hydrogen (secondary N) is 1. The van der Waals surface area contributed by atoms with Gasteiger partial charge in [-0.2, -0.15) is 0 Å². The molecule has 0 spiro atoms. The predicted octanol–water partition coefficient (Wildman–Crippen LogP) is 5.01. The van der Waals surface area contributed by atoms with Crippen molar-refractivity contribution in [2.45, 2.75) is 56.9 Å². The van der Waals surface area contributed by atoms with Crippen LogP contribution in [-0.4, -0.2) is 59.0 Å². The van der Waals surface area contributed by atoms with E-state index in [0.29, 0.717) is 13.2 Å². The normalized spacial score (nSPS) is 20.9. The number of imidazole rings is 1. The Bertz CT molecular complexity index is 1420. The summed E-state index contributed by atoms with van der Waals surface area (Å²) in [7, 11) is 1.69. The number of carbonyl (C=O) groups is 1. The van der Waals surface area contributed by atoms with Crippen LogP contribution in [0.4, 0.5) is 0 Å². The highest BCUT2D eigenvalue weighted by molar-refractivity contribution is 6.03. The van der Waals surface area contributed by atoms with Gasteiger partial charge in [0.2, 0.25) is 5.91 Å². The van der Waals surface area contributed by atoms with Crippen molar-refractivity contribution in [3.63, 3.8) is 0 Å². The molecule has 2 aromatic carbocycles. The number of fused-ring (bicyclic) bond motifs is 1. The Labute approximate surface area is 235 Å². The lowest BCUT2D eigenvalue weighted by molar-refractivity contribution is -0.127. The number of hydrogen-bond acceptors (Lipinski definition) is 6. The van der Waals surface area contributed by atoms with Crippen LogP contribution in [0.15, 0.2) is 71.8 Å². The molecule has 1 aliphatic carbocycles. The molecular formula is C32H37N5O3. The van der Waals surface area contributed by atoms with E-state index in [4.69, 9.17) is 9.57 Å². The molecule has 1 saturated heterocycles. The van der Waals surface area contributed by atoms with Gasteiger partial charge in [0, 0.05) is 19.3 Å². The van der Waals surface area contributed by atoms with Crippen molar-refractivity contribution in [1.29, 1.82) is 0 Å². The number of nitrogens with zero attached hydrogens (tertiary/aromatic N) is 4. The quantitative estimate of drug-likeness (QED) is 0.457. The first-order chi connectivity index (χ1) is 19.6. The van der Waals surface area contributed by atoms with E-state index in [2.05, 4.69) is 50.7 Å². The molecule has 40 heavy (non-hydrogen) atoms. The molecular weight excluding hydrogens is 502 g/mol. The summed E-state index contributed by atoms with van der Waals surface area (Å²) in [6.45, 7) is 3.86. The lowest BCUT2D eigenvalue weighted by Gasteiger charge is -2.40. The van der Waals surface area contributed by atoms with Gasteiger partial charge in [0.15, 0.2) is 5.84 Å². The second-order valence-corrected chi connectivity index (χ2v) is 11.0. The Hall–Kier alpha value is -4.07. The summed E-state index contributed by atoms with van der Waals surface area (Å²) in [6, 6.07) is 16.5. The molecule has 0 bridgehead atoms. The van der Waals surface area contributed by atoms with Crippen molar-refractivity contribution in [1.82, 2.24) is 19.8 Å². The van der Waals surface area contributed by atoms with E-state index in [1.807, 2.05) is 42.0 Å². The molecule has 208 valence electrons. The van der Waals surface area contributed by atoms with Gasteiger partial charge in [0.05, 0.1) is 36.3 Å². The molecule has 0 unspecified atom stereocenters. The number of amidine groups is 1. The number of ether oxygens (including phenoxy) is 1. The van der Waals surface area contributed by atoms with Crippen molar-refractivity contribution < 1.29 is 14.4 Å². The third-order valence-corrected chi connectivity index (χ3v) is 8.51. The Kier molecular flexibility index (Phi) is 7.32. The summed E-state index contributed by atoms with van der Waals surface area (Å²) in [5.74, 6) is 1.78. The molecule has 8 heteroatoms. The van der Waals surface area contributed by atoms with E-state index < -0.39 is 5.41 Å². The van der Waals surface area contributed by atoms with Crippen LogP contribution in [-0.2, 0) is 15.0 Å². The SMILES string of the molecule is COc1cc(/C=C2\CCCN3C2=NOC[C@@H]3CNC(=O)C2(c3ccccc3)CCCC2)ccc1-n1cnc(C)c1. The maximum atomic E-state index is 13.6. The Morgan fingerprint density at radius 3 is 2.75 bits per heavy atom. The lowest BCUT2D eigenvalue weighted by Crippen LogP contribution is -2.55. The minimum Gasteiger partial charge on any atom is -0.495 e. The van der Waals surface area contributed by atoms with Gasteiger partial charge in [0.1, 0.15) is 12.4 Å². The molecule has 1 N–H and O–H groups in total. The second-order valence-electron chi connectivity index (χ2n) is 11.0. The van der Waals surface area contributed by atoms with E-state index in [-0.39, 0.29) is 11.9 Å². The van der Waals surface area contributed by atoms with E-state index in [9.17, 15) is 4.79 Å². The molecule has 1 amide bonds. The highest BCUT2D eigenvalue weighted by Crippen LogP contribution is 2.41. The standard InChI is InChI=1S/C32H37N5O3/c1-23-20-36(22-34-23)28-13-12-24(18-29(28)39-2)17-25-9-8-16-37-27(21-40-35-30(25)37)19-33-31(38)32(14-6-7-15-32)26-10-4-3-5-11-26/h3-5,10-13,17-18,20,22,27H,6-9,14-16,19,21H2,1-2H3,(H,33,38)/b25-17+/t27-/m0/s1. The highest BCUT2D eigenvalue weighted by Gasteiger charge is 2.43. The van der Waals surface area contributed by atoms with Crippen LogP contribution in [0.3, 0.4) is 0 Å². The molecule has 3 aliphatic rings. The van der Waals surface area contributed by atoms with Crippen LogP contribution in [0, 0.1) is 6.92 Å². The van der Waals surface area contributed by atoms with Crippen LogP contribution in [0.25, 0.3) is 11.8 Å². The fourth-order valence-corrected chi connectivity index (χ4v) is 6.40. The van der Waals surface area contributed by atoms with Gasteiger partial charge in [-0.15, -0.1) is 0 Å². The molecule has 0 radical (unpaired) electrons. The van der Waals surface area contributed by atoms with E-state index >= 15 is 0 Å². The predicted molar refractivity (Wildman–Crippen MR) is 156 cm³/mol. The highest BCUT2D eigenvalue weighted by atomic mass is 16.6. The number of amides is 1. The summed E-state index contributed by atoms with van der Waals surface area (Å²) in [5, 5.41) is 7.78. The molecule has 8 nitrogen and oxygen atoms in total. The summed E-state index contributed by atoms with van der Waals surface area (Å²) in [5.41, 5.74) is 4.77. The number of rotatable bonds is 7. The summed E-state index contributed by atoms with van der Waals surface area (Å²) in [6.07, 6.45) is 11.9. The second kappa shape index (κ2) is 11.2. The van der Waals surface area contributed by atoms with Crippen LogP contribution < -0.4 is 10.1 Å². The zero-order valence-electron chi connectivity index (χ0n) is 23.3. The molecule has 2 aliphatic heterocycles. The van der Waals surface area contributed by atoms with Gasteiger partial charge in [-0.3, -0.25) is 4.79 Å². The maximum absolute atomic E-state index is 13.6. The Morgan fingerprint density at radius 1 is 1.18 bits per heavy atom. The van der Waals surface area contributed by atoms with Crippen molar-refractivity contribution in [2.24, 2.45) is 5.16 Å². The topological polar surface area (TPSA) is 81.0 Å². The molecule has 3 heterocycles. The molecule has 1 atom stereocenters. The zero-order valence-corrected chi connectivity index (χ0v) is 23.3. The number of benzene rings is 2. The van der Waals surface area contributed by atoms with Crippen molar-refractivity contribution in [3.05, 3.63) is 83.4 Å². The van der Waals surface area contributed by atoms with Crippen LogP contribution >= 0.6 is 0 Å². The average molecular weight is 540 g/mol. The minimum atomic E-state index is -0.429. The first-order valence-corrected chi connectivity index (χ1v) is 14.3. The van der Waals surface area contributed by atoms with E-state index in [0.717, 1.165) is 84.7 Å². The van der Waals surface area contributed by atoms with Crippen LogP contribution in [0.5, 0.6) is 5.75 Å². The zero-order chi connectivity index (χ0) is 27.5. The lowest BCUT2D eigenvalue weighted by atomic mass is 9.78. The minimum absolute atomic E-state index is 0.0377. The Balaban J connectivity index is 1.18. The van der Waals surface area contributed by atoms with Crippen LogP contribution in [0.1, 0.15) is 55.3 Å². The number of oxime groups is 1. The average Bonchev–Trinajstić information content (AvgIpc) is 3.67. The molecule has 3 aromatic rings. The smallest absolute Gasteiger partial charge is 0.230 e. The number of carbonyl (C=O) groups excluding carboxylic acids is 1. The largest absolute Gasteiger partial charge is 0.495 e. The van der Waals surface area contributed by atoms with Crippen molar-refractivity contribution >= 4 is 17.8 Å². The van der Waals surface area contributed by atoms with Crippen molar-refractivity contribution in [2.75, 3.05) is 26.8 Å². The van der Waals surface area contributed by atoms with Gasteiger partial charge in [0.25, 0.3) is 0 Å². The Morgan fingerprint density at radius 2 is 2.00 bits per heavy atom. The van der Waals surface area contributed by atoms with Crippen molar-refractivity contribution in [3.8, 4) is 11.4 Å². The van der Waals surface area contributed by atoms with E-state index in [1.54, 1.807) is 13.4 Å². The van der Waals surface area contributed by atoms with Gasteiger partial charge in [-0.05, 0) is 67.5 Å². The van der Waals surface area contributed by atoms with Crippen LogP contribution in [0.2, 0.25) is 0 Å². The van der Waals surface area contributed by atoms with Gasteiger partial charge < -0.3 is 24.4 Å². The number of methoxy groups -OCH3 is 1. The first kappa shape index (κ1) is 26.2. The number of piperidine rings is 1. The molecule has 2 fully saturated rings. The van der Waals surface area contributed by atoms with Gasteiger partial charge in [-0.1, -0.05) is 54.4 Å². The molecule has 6 rings (SSSR count). The maximum Gasteiger partial charge on any atom is 0.230 e. The fraction of sp³-hybridized carbons (Fsp3) is 0.406. The fourth-order valence-electron chi connectivity index (χ4n) is 6.40. The van der Waals surface area contributed by atoms with Gasteiger partial charge in [-0.25, -0.2) is 4.98 Å². The van der Waals surface area contributed by atoms with Gasteiger partial charge >= 0.3 is 0 Å². The summed E-state index contributed by atoms with van der Waals surface area (Å²) < 4.78 is 7.69. The number of aromatic nitrogens is 2. The van der Waals surface area contributed by atoms with E-state index in [1.165, 1.54) is 0 Å². The molecule has 1 saturated carbocycles. The third kappa shape index (κ3) is 4.98. The monoisotopic (exact) mass is 539 g/mol. The number of hydrogen-bond donors (Lipinski definition) is 1. The first-order valence-electron chi connectivity index (χ1n) is 14.3. The summed E-state index contributed by atoms with van der Waals surface area (Å²) in [4.78, 5) is 26.0. The number of aryl methyl sites for hydroxylation is 1. The molecule has 1 aromatic heterocycles. The summed E-state index contributed by atoms with van der Waals surface area (Å²) >= 11 is 0. The third-order valence-electron chi connectivity index (χ3n) is 8.51.